The van der Waals surface area contributed by atoms with Gasteiger partial charge < -0.3 is 10.0 Å². The minimum absolute atomic E-state index is 0.127. The van der Waals surface area contributed by atoms with Gasteiger partial charge in [0, 0.05) is 29.4 Å². The topological polar surface area (TPSA) is 60.9 Å². The Balaban J connectivity index is 1.77. The number of nitrogens with zero attached hydrogens (tertiary/aromatic N) is 2. The van der Waals surface area contributed by atoms with Gasteiger partial charge in [0.25, 0.3) is 5.91 Å². The van der Waals surface area contributed by atoms with Gasteiger partial charge in [0.2, 0.25) is 0 Å². The molecule has 1 N–H and O–H groups in total. The van der Waals surface area contributed by atoms with E-state index < -0.39 is 17.7 Å². The number of halogens is 2. The number of β-amino-alcohol motifs (C(OH)–C–C–N with tert-alkyl or cyclic N) is 1. The van der Waals surface area contributed by atoms with E-state index in [-0.39, 0.29) is 18.9 Å². The maximum Gasteiger partial charge on any atom is 0.332 e. The number of carbonyl (C=O) groups excluding carboxylic acids is 2. The molecule has 2 aromatic carbocycles. The largest absolute Gasteiger partial charge is 0.391 e. The second-order valence-corrected chi connectivity index (χ2v) is 7.59. The highest BCUT2D eigenvalue weighted by Crippen LogP contribution is 2.43. The lowest BCUT2D eigenvalue weighted by molar-refractivity contribution is -0.124. The number of anilines is 1. The van der Waals surface area contributed by atoms with Gasteiger partial charge in [-0.2, -0.15) is 0 Å². The number of carbonyl (C=O) groups is 2. The zero-order valence-corrected chi connectivity index (χ0v) is 15.2. The number of hydrogen-bond acceptors (Lipinski definition) is 3. The lowest BCUT2D eigenvalue weighted by atomic mass is 9.87. The van der Waals surface area contributed by atoms with Crippen LogP contribution >= 0.6 is 23.2 Å². The standard InChI is InChI=1S/C19H16Cl2N2O3/c20-13-6-14(21)8-15(7-13)23-17(25)19(9-12-4-2-1-3-5-12)10-16(24)11-22(19)18(23)26/h1-8,16,24H,9-11H2/t16-,19+/m1/s1. The summed E-state index contributed by atoms with van der Waals surface area (Å²) in [5.74, 6) is -0.360. The third-order valence-electron chi connectivity index (χ3n) is 4.95. The average Bonchev–Trinajstić information content (AvgIpc) is 3.00. The number of urea groups is 1. The van der Waals surface area contributed by atoms with E-state index in [1.165, 1.54) is 17.0 Å². The maximum absolute atomic E-state index is 13.4. The quantitative estimate of drug-likeness (QED) is 0.815. The number of benzene rings is 2. The first-order valence-corrected chi connectivity index (χ1v) is 9.00. The summed E-state index contributed by atoms with van der Waals surface area (Å²) >= 11 is 12.1. The normalized spacial score (nSPS) is 25.1. The molecule has 3 amide bonds. The Morgan fingerprint density at radius 3 is 2.38 bits per heavy atom. The average molecular weight is 391 g/mol. The van der Waals surface area contributed by atoms with Gasteiger partial charge in [-0.05, 0) is 23.8 Å². The summed E-state index contributed by atoms with van der Waals surface area (Å²) in [5.41, 5.74) is 0.180. The van der Waals surface area contributed by atoms with E-state index in [0.717, 1.165) is 10.5 Å². The first-order valence-electron chi connectivity index (χ1n) is 8.25. The Labute approximate surface area is 160 Å². The van der Waals surface area contributed by atoms with Crippen molar-refractivity contribution in [3.63, 3.8) is 0 Å². The molecule has 2 aliphatic heterocycles. The van der Waals surface area contributed by atoms with E-state index in [9.17, 15) is 14.7 Å². The summed E-state index contributed by atoms with van der Waals surface area (Å²) in [7, 11) is 0. The molecular weight excluding hydrogens is 375 g/mol. The summed E-state index contributed by atoms with van der Waals surface area (Å²) in [6.07, 6.45) is -0.172. The zero-order chi connectivity index (χ0) is 18.5. The van der Waals surface area contributed by atoms with Gasteiger partial charge in [0.15, 0.2) is 0 Å². The van der Waals surface area contributed by atoms with E-state index in [1.807, 2.05) is 30.3 Å². The molecule has 0 aliphatic carbocycles. The fourth-order valence-corrected chi connectivity index (χ4v) is 4.42. The van der Waals surface area contributed by atoms with Crippen molar-refractivity contribution in [2.24, 2.45) is 0 Å². The van der Waals surface area contributed by atoms with E-state index in [2.05, 4.69) is 0 Å². The minimum Gasteiger partial charge on any atom is -0.391 e. The van der Waals surface area contributed by atoms with Crippen LogP contribution in [-0.4, -0.2) is 40.1 Å². The van der Waals surface area contributed by atoms with Crippen molar-refractivity contribution in [3.05, 3.63) is 64.1 Å². The second kappa shape index (κ2) is 6.27. The molecule has 0 spiro atoms. The lowest BCUT2D eigenvalue weighted by Gasteiger charge is -2.28. The van der Waals surface area contributed by atoms with Gasteiger partial charge in [0.05, 0.1) is 11.8 Å². The Hall–Kier alpha value is -2.08. The molecule has 5 nitrogen and oxygen atoms in total. The van der Waals surface area contributed by atoms with Gasteiger partial charge in [-0.1, -0.05) is 53.5 Å². The van der Waals surface area contributed by atoms with Crippen LogP contribution in [0.25, 0.3) is 0 Å². The Bertz CT molecular complexity index is 869. The van der Waals surface area contributed by atoms with Crippen molar-refractivity contribution >= 4 is 40.8 Å². The molecule has 7 heteroatoms. The molecular formula is C19H16Cl2N2O3. The molecule has 0 unspecified atom stereocenters. The number of hydrogen-bond donors (Lipinski definition) is 1. The molecule has 2 atom stereocenters. The molecule has 4 rings (SSSR count). The van der Waals surface area contributed by atoms with Gasteiger partial charge in [0.1, 0.15) is 5.54 Å². The van der Waals surface area contributed by atoms with Crippen LogP contribution in [0.1, 0.15) is 12.0 Å². The van der Waals surface area contributed by atoms with E-state index in [0.29, 0.717) is 22.2 Å². The smallest absolute Gasteiger partial charge is 0.332 e. The predicted octanol–water partition coefficient (Wildman–Crippen LogP) is 3.51. The molecule has 134 valence electrons. The lowest BCUT2D eigenvalue weighted by Crippen LogP contribution is -2.47. The van der Waals surface area contributed by atoms with Crippen LogP contribution in [-0.2, 0) is 11.2 Å². The van der Waals surface area contributed by atoms with Crippen LogP contribution < -0.4 is 4.90 Å². The van der Waals surface area contributed by atoms with Crippen LogP contribution in [0, 0.1) is 0 Å². The predicted molar refractivity (Wildman–Crippen MR) is 99.6 cm³/mol. The highest BCUT2D eigenvalue weighted by molar-refractivity contribution is 6.35. The van der Waals surface area contributed by atoms with E-state index >= 15 is 0 Å². The summed E-state index contributed by atoms with van der Waals surface area (Å²) in [4.78, 5) is 28.9. The number of fused-ring (bicyclic) bond motifs is 1. The first-order chi connectivity index (χ1) is 12.4. The molecule has 2 aliphatic rings. The van der Waals surface area contributed by atoms with Gasteiger partial charge in [-0.15, -0.1) is 0 Å². The summed E-state index contributed by atoms with van der Waals surface area (Å²) in [5, 5.41) is 10.8. The summed E-state index contributed by atoms with van der Waals surface area (Å²) < 4.78 is 0. The van der Waals surface area contributed by atoms with Gasteiger partial charge in [-0.25, -0.2) is 9.69 Å². The second-order valence-electron chi connectivity index (χ2n) is 6.71. The SMILES string of the molecule is O=C1N(c2cc(Cl)cc(Cl)c2)C(=O)[C@]2(Cc3ccccc3)C[C@@H](O)CN12. The van der Waals surface area contributed by atoms with Crippen molar-refractivity contribution < 1.29 is 14.7 Å². The van der Waals surface area contributed by atoms with Crippen molar-refractivity contribution in [1.29, 1.82) is 0 Å². The van der Waals surface area contributed by atoms with Crippen LogP contribution in [0.3, 0.4) is 0 Å². The number of rotatable bonds is 3. The third-order valence-corrected chi connectivity index (χ3v) is 5.39. The molecule has 0 bridgehead atoms. The number of aliphatic hydroxyl groups is 1. The molecule has 2 fully saturated rings. The van der Waals surface area contributed by atoms with Crippen molar-refractivity contribution in [2.45, 2.75) is 24.5 Å². The molecule has 0 radical (unpaired) electrons. The number of aliphatic hydroxyl groups excluding tert-OH is 1. The summed E-state index contributed by atoms with van der Waals surface area (Å²) in [6, 6.07) is 13.7. The van der Waals surface area contributed by atoms with Crippen LogP contribution in [0.15, 0.2) is 48.5 Å². The molecule has 2 aromatic rings. The number of imide groups is 1. The summed E-state index contributed by atoms with van der Waals surface area (Å²) in [6.45, 7) is 0.127. The minimum atomic E-state index is -1.09. The molecule has 2 saturated heterocycles. The molecule has 0 aromatic heterocycles. The van der Waals surface area contributed by atoms with Gasteiger partial charge in [-0.3, -0.25) is 4.79 Å². The third kappa shape index (κ3) is 2.67. The van der Waals surface area contributed by atoms with Crippen LogP contribution in [0.4, 0.5) is 10.5 Å². The zero-order valence-electron chi connectivity index (χ0n) is 13.7. The molecule has 26 heavy (non-hydrogen) atoms. The van der Waals surface area contributed by atoms with E-state index in [1.54, 1.807) is 6.07 Å². The van der Waals surface area contributed by atoms with Crippen molar-refractivity contribution in [2.75, 3.05) is 11.4 Å². The Morgan fingerprint density at radius 2 is 1.73 bits per heavy atom. The Kier molecular flexibility index (Phi) is 4.18. The van der Waals surface area contributed by atoms with E-state index in [4.69, 9.17) is 23.2 Å². The monoisotopic (exact) mass is 390 g/mol. The molecule has 2 heterocycles. The fourth-order valence-electron chi connectivity index (χ4n) is 3.90. The maximum atomic E-state index is 13.4. The fraction of sp³-hybridized carbons (Fsp3) is 0.263. The highest BCUT2D eigenvalue weighted by Gasteiger charge is 2.62. The van der Waals surface area contributed by atoms with Crippen molar-refractivity contribution in [3.8, 4) is 0 Å². The van der Waals surface area contributed by atoms with Crippen LogP contribution in [0.5, 0.6) is 0 Å². The van der Waals surface area contributed by atoms with Gasteiger partial charge >= 0.3 is 6.03 Å². The highest BCUT2D eigenvalue weighted by atomic mass is 35.5. The van der Waals surface area contributed by atoms with Crippen LogP contribution in [0.2, 0.25) is 10.0 Å². The number of amides is 3. The molecule has 0 saturated carbocycles. The first kappa shape index (κ1) is 17.3. The Morgan fingerprint density at radius 1 is 1.08 bits per heavy atom. The van der Waals surface area contributed by atoms with Crippen molar-refractivity contribution in [1.82, 2.24) is 4.90 Å².